The number of piperazine rings is 1. The maximum Gasteiger partial charge on any atom is 0.254 e. The second-order valence-electron chi connectivity index (χ2n) is 5.94. The van der Waals surface area contributed by atoms with Crippen LogP contribution in [0.3, 0.4) is 0 Å². The van der Waals surface area contributed by atoms with Crippen LogP contribution in [-0.4, -0.2) is 36.5 Å². The van der Waals surface area contributed by atoms with Crippen molar-refractivity contribution in [3.63, 3.8) is 0 Å². The van der Waals surface area contributed by atoms with Gasteiger partial charge in [0.05, 0.1) is 5.02 Å². The van der Waals surface area contributed by atoms with Gasteiger partial charge in [0.2, 0.25) is 0 Å². The Balaban J connectivity index is 1.73. The third-order valence-corrected chi connectivity index (χ3v) is 5.32. The van der Waals surface area contributed by atoms with Gasteiger partial charge < -0.3 is 9.80 Å². The van der Waals surface area contributed by atoms with Gasteiger partial charge in [0.1, 0.15) is 0 Å². The van der Waals surface area contributed by atoms with Crippen molar-refractivity contribution in [1.29, 1.82) is 0 Å². The van der Waals surface area contributed by atoms with Crippen LogP contribution in [-0.2, 0) is 0 Å². The molecule has 3 rings (SSSR count). The van der Waals surface area contributed by atoms with Crippen LogP contribution in [0.5, 0.6) is 0 Å². The van der Waals surface area contributed by atoms with E-state index in [0.29, 0.717) is 28.6 Å². The monoisotopic (exact) mass is 380 g/mol. The molecule has 1 unspecified atom stereocenters. The number of anilines is 1. The quantitative estimate of drug-likeness (QED) is 0.767. The molecule has 0 aromatic heterocycles. The summed E-state index contributed by atoms with van der Waals surface area (Å²) in [7, 11) is 0. The van der Waals surface area contributed by atoms with Crippen LogP contribution in [0.1, 0.15) is 17.3 Å². The molecule has 0 spiro atoms. The number of nitrogens with zero attached hydrogens (tertiary/aromatic N) is 2. The number of amides is 1. The van der Waals surface area contributed by atoms with Gasteiger partial charge >= 0.3 is 0 Å². The number of rotatable bonds is 2. The van der Waals surface area contributed by atoms with Gasteiger partial charge in [-0.3, -0.25) is 4.79 Å². The Morgan fingerprint density at radius 1 is 1.17 bits per heavy atom. The Hall–Kier alpha value is -1.36. The molecule has 1 amide bonds. The number of halogens is 2. The Morgan fingerprint density at radius 2 is 1.96 bits per heavy atom. The number of carbonyl (C=O) groups excluding carboxylic acids is 1. The van der Waals surface area contributed by atoms with Gasteiger partial charge in [-0.2, -0.15) is 0 Å². The maximum atomic E-state index is 12.7. The summed E-state index contributed by atoms with van der Waals surface area (Å²) in [6, 6.07) is 13.2. The lowest BCUT2D eigenvalue weighted by Crippen LogP contribution is -2.53. The molecule has 1 saturated heterocycles. The van der Waals surface area contributed by atoms with E-state index in [1.807, 2.05) is 29.2 Å². The highest BCUT2D eigenvalue weighted by atomic mass is 35.5. The average molecular weight is 381 g/mol. The molecule has 1 fully saturated rings. The largest absolute Gasteiger partial charge is 0.365 e. The van der Waals surface area contributed by atoms with E-state index < -0.39 is 0 Å². The predicted molar refractivity (Wildman–Crippen MR) is 103 cm³/mol. The molecule has 24 heavy (non-hydrogen) atoms. The molecule has 1 aliphatic heterocycles. The first kappa shape index (κ1) is 17.5. The summed E-state index contributed by atoms with van der Waals surface area (Å²) >= 11 is 16.4. The van der Waals surface area contributed by atoms with Gasteiger partial charge in [0.25, 0.3) is 5.91 Å². The molecule has 1 atom stereocenters. The van der Waals surface area contributed by atoms with Crippen LogP contribution in [0.2, 0.25) is 10.0 Å². The molecule has 6 heteroatoms. The number of carbonyl (C=O) groups is 1. The van der Waals surface area contributed by atoms with E-state index in [0.717, 1.165) is 17.3 Å². The van der Waals surface area contributed by atoms with Gasteiger partial charge in [0.15, 0.2) is 0 Å². The number of hydrogen-bond donors (Lipinski definition) is 1. The van der Waals surface area contributed by atoms with Crippen molar-refractivity contribution < 1.29 is 4.79 Å². The van der Waals surface area contributed by atoms with Gasteiger partial charge in [-0.25, -0.2) is 0 Å². The smallest absolute Gasteiger partial charge is 0.254 e. The zero-order valence-corrected chi connectivity index (χ0v) is 15.7. The molecule has 2 aromatic rings. The maximum absolute atomic E-state index is 12.7. The first-order valence-corrected chi connectivity index (χ1v) is 8.96. The summed E-state index contributed by atoms with van der Waals surface area (Å²) < 4.78 is 0. The van der Waals surface area contributed by atoms with Crippen LogP contribution < -0.4 is 4.90 Å². The van der Waals surface area contributed by atoms with Crippen molar-refractivity contribution in [1.82, 2.24) is 4.90 Å². The fraction of sp³-hybridized carbons (Fsp3) is 0.278. The molecular formula is C18H18Cl2N2OS. The fourth-order valence-corrected chi connectivity index (χ4v) is 3.51. The van der Waals surface area contributed by atoms with Crippen LogP contribution in [0.15, 0.2) is 47.4 Å². The molecule has 2 aromatic carbocycles. The standard InChI is InChI=1S/C18H18Cl2N2OS/c1-12-11-21(18(23)13-5-6-17(24)16(20)9-13)7-8-22(12)15-4-2-3-14(19)10-15/h2-6,9-10,12,24H,7-8,11H2,1H3. The molecule has 1 heterocycles. The van der Waals surface area contributed by atoms with E-state index in [2.05, 4.69) is 24.5 Å². The average Bonchev–Trinajstić information content (AvgIpc) is 2.56. The van der Waals surface area contributed by atoms with E-state index in [4.69, 9.17) is 23.2 Å². The predicted octanol–water partition coefficient (Wildman–Crippen LogP) is 4.63. The van der Waals surface area contributed by atoms with Crippen LogP contribution in [0.25, 0.3) is 0 Å². The Labute approximate surface area is 157 Å². The lowest BCUT2D eigenvalue weighted by atomic mass is 10.1. The van der Waals surface area contributed by atoms with Crippen LogP contribution >= 0.6 is 35.8 Å². The molecule has 0 saturated carbocycles. The molecule has 1 aliphatic rings. The molecule has 0 radical (unpaired) electrons. The first-order chi connectivity index (χ1) is 11.5. The minimum absolute atomic E-state index is 0.00262. The Kier molecular flexibility index (Phi) is 5.28. The summed E-state index contributed by atoms with van der Waals surface area (Å²) in [4.78, 5) is 17.5. The fourth-order valence-electron chi connectivity index (χ4n) is 3.00. The first-order valence-electron chi connectivity index (χ1n) is 7.75. The summed E-state index contributed by atoms with van der Waals surface area (Å²) in [5.41, 5.74) is 1.69. The van der Waals surface area contributed by atoms with Crippen LogP contribution in [0, 0.1) is 0 Å². The highest BCUT2D eigenvalue weighted by Crippen LogP contribution is 2.26. The van der Waals surface area contributed by atoms with Crippen LogP contribution in [0.4, 0.5) is 5.69 Å². The Bertz CT molecular complexity index is 768. The van der Waals surface area contributed by atoms with Crippen molar-refractivity contribution in [2.24, 2.45) is 0 Å². The second kappa shape index (κ2) is 7.26. The molecule has 3 nitrogen and oxygen atoms in total. The molecule has 126 valence electrons. The van der Waals surface area contributed by atoms with Gasteiger partial charge in [-0.15, -0.1) is 12.6 Å². The summed E-state index contributed by atoms with van der Waals surface area (Å²) in [6.07, 6.45) is 0. The topological polar surface area (TPSA) is 23.6 Å². The molecule has 0 N–H and O–H groups in total. The van der Waals surface area contributed by atoms with Crippen molar-refractivity contribution in [2.75, 3.05) is 24.5 Å². The molecule has 0 bridgehead atoms. The van der Waals surface area contributed by atoms with E-state index in [1.165, 1.54) is 0 Å². The van der Waals surface area contributed by atoms with E-state index in [-0.39, 0.29) is 11.9 Å². The highest BCUT2D eigenvalue weighted by molar-refractivity contribution is 7.80. The third-order valence-electron chi connectivity index (χ3n) is 4.25. The summed E-state index contributed by atoms with van der Waals surface area (Å²) in [5, 5.41) is 1.22. The van der Waals surface area contributed by atoms with Gasteiger partial charge in [0, 0.05) is 46.8 Å². The van der Waals surface area contributed by atoms with Crippen molar-refractivity contribution in [3.05, 3.63) is 58.1 Å². The van der Waals surface area contributed by atoms with Gasteiger partial charge in [-0.05, 0) is 43.3 Å². The van der Waals surface area contributed by atoms with Crippen molar-refractivity contribution >= 4 is 47.4 Å². The van der Waals surface area contributed by atoms with E-state index >= 15 is 0 Å². The second-order valence-corrected chi connectivity index (χ2v) is 7.27. The summed E-state index contributed by atoms with van der Waals surface area (Å²) in [6.45, 7) is 4.21. The Morgan fingerprint density at radius 3 is 2.62 bits per heavy atom. The zero-order valence-electron chi connectivity index (χ0n) is 13.2. The van der Waals surface area contributed by atoms with E-state index in [1.54, 1.807) is 18.2 Å². The third kappa shape index (κ3) is 3.66. The number of benzene rings is 2. The lowest BCUT2D eigenvalue weighted by molar-refractivity contribution is 0.0726. The number of thiol groups is 1. The zero-order chi connectivity index (χ0) is 17.3. The SMILES string of the molecule is CC1CN(C(=O)c2ccc(S)c(Cl)c2)CCN1c1cccc(Cl)c1. The molecular weight excluding hydrogens is 363 g/mol. The minimum atomic E-state index is 0.00262. The highest BCUT2D eigenvalue weighted by Gasteiger charge is 2.27. The minimum Gasteiger partial charge on any atom is -0.365 e. The van der Waals surface area contributed by atoms with Crippen molar-refractivity contribution in [2.45, 2.75) is 17.9 Å². The number of hydrogen-bond acceptors (Lipinski definition) is 3. The van der Waals surface area contributed by atoms with Crippen molar-refractivity contribution in [3.8, 4) is 0 Å². The molecule has 0 aliphatic carbocycles. The summed E-state index contributed by atoms with van der Waals surface area (Å²) in [5.74, 6) is 0.00262. The lowest BCUT2D eigenvalue weighted by Gasteiger charge is -2.41. The van der Waals surface area contributed by atoms with E-state index in [9.17, 15) is 4.79 Å². The van der Waals surface area contributed by atoms with Gasteiger partial charge in [-0.1, -0.05) is 29.3 Å². The normalized spacial score (nSPS) is 17.9.